The molecule has 82 valence electrons. The van der Waals surface area contributed by atoms with Crippen molar-refractivity contribution < 1.29 is 4.79 Å². The van der Waals surface area contributed by atoms with Crippen molar-refractivity contribution in [3.8, 4) is 0 Å². The molecule has 3 heteroatoms. The van der Waals surface area contributed by atoms with Crippen LogP contribution in [0, 0.1) is 0 Å². The first-order chi connectivity index (χ1) is 7.34. The van der Waals surface area contributed by atoms with Gasteiger partial charge in [-0.1, -0.05) is 19.3 Å². The minimum atomic E-state index is 0.181. The Morgan fingerprint density at radius 1 is 1.40 bits per heavy atom. The van der Waals surface area contributed by atoms with Crippen LogP contribution in [0.15, 0.2) is 16.8 Å². The maximum absolute atomic E-state index is 11.7. The molecule has 2 rings (SSSR count). The summed E-state index contributed by atoms with van der Waals surface area (Å²) in [5.74, 6) is 0.181. The fourth-order valence-electron chi connectivity index (χ4n) is 2.10. The third-order valence-electron chi connectivity index (χ3n) is 2.92. The van der Waals surface area contributed by atoms with Crippen LogP contribution in [-0.2, 0) is 11.2 Å². The summed E-state index contributed by atoms with van der Waals surface area (Å²) in [7, 11) is 0. The van der Waals surface area contributed by atoms with Gasteiger partial charge >= 0.3 is 0 Å². The summed E-state index contributed by atoms with van der Waals surface area (Å²) in [5, 5.41) is 7.18. The van der Waals surface area contributed by atoms with Gasteiger partial charge in [-0.3, -0.25) is 4.79 Å². The van der Waals surface area contributed by atoms with Crippen LogP contribution in [0.5, 0.6) is 0 Å². The minimum absolute atomic E-state index is 0.181. The number of nitrogens with one attached hydrogen (secondary N) is 1. The summed E-state index contributed by atoms with van der Waals surface area (Å²) < 4.78 is 0. The average molecular weight is 223 g/mol. The molecule has 2 nitrogen and oxygen atoms in total. The van der Waals surface area contributed by atoms with Crippen LogP contribution in [0.25, 0.3) is 0 Å². The van der Waals surface area contributed by atoms with Gasteiger partial charge in [0.25, 0.3) is 0 Å². The molecule has 0 aromatic carbocycles. The molecule has 0 saturated heterocycles. The summed E-state index contributed by atoms with van der Waals surface area (Å²) in [6.07, 6.45) is 6.73. The van der Waals surface area contributed by atoms with E-state index in [1.165, 1.54) is 19.3 Å². The Bertz CT molecular complexity index is 301. The third kappa shape index (κ3) is 3.34. The molecule has 1 aromatic rings. The number of hydrogen-bond donors (Lipinski definition) is 1. The SMILES string of the molecule is O=C(Cc1ccsc1)NC1CCCCC1. The Balaban J connectivity index is 1.76. The molecule has 0 bridgehead atoms. The van der Waals surface area contributed by atoms with Crippen LogP contribution in [0.3, 0.4) is 0 Å². The molecular formula is C12H17NOS. The first-order valence-corrected chi connectivity index (χ1v) is 6.59. The van der Waals surface area contributed by atoms with Gasteiger partial charge in [-0.15, -0.1) is 0 Å². The predicted octanol–water partition coefficient (Wildman–Crippen LogP) is 2.74. The summed E-state index contributed by atoms with van der Waals surface area (Å²) in [6.45, 7) is 0. The molecule has 1 fully saturated rings. The maximum Gasteiger partial charge on any atom is 0.224 e. The first kappa shape index (κ1) is 10.7. The zero-order chi connectivity index (χ0) is 10.5. The van der Waals surface area contributed by atoms with Gasteiger partial charge in [0.1, 0.15) is 0 Å². The van der Waals surface area contributed by atoms with Crippen LogP contribution >= 0.6 is 11.3 Å². The molecule has 0 spiro atoms. The zero-order valence-corrected chi connectivity index (χ0v) is 9.69. The van der Waals surface area contributed by atoms with Crippen molar-refractivity contribution in [2.24, 2.45) is 0 Å². The lowest BCUT2D eigenvalue weighted by Crippen LogP contribution is -2.36. The van der Waals surface area contributed by atoms with Gasteiger partial charge in [0.2, 0.25) is 5.91 Å². The normalized spacial score (nSPS) is 17.6. The van der Waals surface area contributed by atoms with Crippen molar-refractivity contribution in [1.82, 2.24) is 5.32 Å². The molecule has 0 unspecified atom stereocenters. The van der Waals surface area contributed by atoms with E-state index in [1.807, 2.05) is 16.8 Å². The Morgan fingerprint density at radius 2 is 2.20 bits per heavy atom. The number of hydrogen-bond acceptors (Lipinski definition) is 2. The van der Waals surface area contributed by atoms with Crippen molar-refractivity contribution in [3.63, 3.8) is 0 Å². The minimum Gasteiger partial charge on any atom is -0.353 e. The van der Waals surface area contributed by atoms with Crippen LogP contribution in [0.1, 0.15) is 37.7 Å². The molecule has 1 aliphatic rings. The van der Waals surface area contributed by atoms with E-state index in [2.05, 4.69) is 5.32 Å². The van der Waals surface area contributed by atoms with Gasteiger partial charge in [-0.2, -0.15) is 11.3 Å². The molecule has 1 saturated carbocycles. The van der Waals surface area contributed by atoms with Crippen LogP contribution < -0.4 is 5.32 Å². The highest BCUT2D eigenvalue weighted by Crippen LogP contribution is 2.17. The van der Waals surface area contributed by atoms with Crippen molar-refractivity contribution in [1.29, 1.82) is 0 Å². The quantitative estimate of drug-likeness (QED) is 0.838. The van der Waals surface area contributed by atoms with Gasteiger partial charge in [0.05, 0.1) is 6.42 Å². The fourth-order valence-corrected chi connectivity index (χ4v) is 2.77. The van der Waals surface area contributed by atoms with Gasteiger partial charge in [0.15, 0.2) is 0 Å². The van der Waals surface area contributed by atoms with Crippen molar-refractivity contribution in [3.05, 3.63) is 22.4 Å². The molecule has 0 radical (unpaired) electrons. The molecule has 1 aromatic heterocycles. The number of carbonyl (C=O) groups is 1. The lowest BCUT2D eigenvalue weighted by Gasteiger charge is -2.22. The maximum atomic E-state index is 11.7. The van der Waals surface area contributed by atoms with Crippen molar-refractivity contribution in [2.45, 2.75) is 44.6 Å². The van der Waals surface area contributed by atoms with E-state index in [-0.39, 0.29) is 5.91 Å². The monoisotopic (exact) mass is 223 g/mol. The van der Waals surface area contributed by atoms with E-state index in [4.69, 9.17) is 0 Å². The highest BCUT2D eigenvalue weighted by molar-refractivity contribution is 7.07. The Hall–Kier alpha value is -0.830. The van der Waals surface area contributed by atoms with E-state index in [9.17, 15) is 4.79 Å². The van der Waals surface area contributed by atoms with E-state index in [1.54, 1.807) is 11.3 Å². The van der Waals surface area contributed by atoms with E-state index >= 15 is 0 Å². The molecular weight excluding hydrogens is 206 g/mol. The van der Waals surface area contributed by atoms with Crippen LogP contribution in [0.4, 0.5) is 0 Å². The average Bonchev–Trinajstić information content (AvgIpc) is 2.71. The third-order valence-corrected chi connectivity index (χ3v) is 3.65. The van der Waals surface area contributed by atoms with Gasteiger partial charge in [-0.05, 0) is 35.2 Å². The standard InChI is InChI=1S/C12H17NOS/c14-12(8-10-6-7-15-9-10)13-11-4-2-1-3-5-11/h6-7,9,11H,1-5,8H2,(H,13,14). The molecule has 1 amide bonds. The number of carbonyl (C=O) groups excluding carboxylic acids is 1. The summed E-state index contributed by atoms with van der Waals surface area (Å²) in [4.78, 5) is 11.7. The van der Waals surface area contributed by atoms with Gasteiger partial charge in [0, 0.05) is 6.04 Å². The number of amides is 1. The van der Waals surface area contributed by atoms with E-state index in [0.29, 0.717) is 12.5 Å². The first-order valence-electron chi connectivity index (χ1n) is 5.65. The summed E-state index contributed by atoms with van der Waals surface area (Å²) >= 11 is 1.65. The summed E-state index contributed by atoms with van der Waals surface area (Å²) in [5.41, 5.74) is 1.13. The zero-order valence-electron chi connectivity index (χ0n) is 8.87. The fraction of sp³-hybridized carbons (Fsp3) is 0.583. The van der Waals surface area contributed by atoms with Crippen molar-refractivity contribution >= 4 is 17.2 Å². The molecule has 1 aliphatic carbocycles. The second-order valence-corrected chi connectivity index (χ2v) is 4.99. The summed E-state index contributed by atoms with van der Waals surface area (Å²) in [6, 6.07) is 2.45. The van der Waals surface area contributed by atoms with Crippen LogP contribution in [0.2, 0.25) is 0 Å². The van der Waals surface area contributed by atoms with E-state index in [0.717, 1.165) is 18.4 Å². The van der Waals surface area contributed by atoms with Crippen LogP contribution in [-0.4, -0.2) is 11.9 Å². The smallest absolute Gasteiger partial charge is 0.224 e. The highest BCUT2D eigenvalue weighted by atomic mass is 32.1. The van der Waals surface area contributed by atoms with Gasteiger partial charge < -0.3 is 5.32 Å². The molecule has 0 atom stereocenters. The molecule has 1 N–H and O–H groups in total. The second kappa shape index (κ2) is 5.31. The lowest BCUT2D eigenvalue weighted by atomic mass is 9.95. The topological polar surface area (TPSA) is 29.1 Å². The van der Waals surface area contributed by atoms with E-state index < -0.39 is 0 Å². The second-order valence-electron chi connectivity index (χ2n) is 4.21. The Kier molecular flexibility index (Phi) is 3.78. The largest absolute Gasteiger partial charge is 0.353 e. The lowest BCUT2D eigenvalue weighted by molar-refractivity contribution is -0.121. The Labute approximate surface area is 94.7 Å². The number of thiophene rings is 1. The highest BCUT2D eigenvalue weighted by Gasteiger charge is 2.15. The molecule has 1 heterocycles. The van der Waals surface area contributed by atoms with Gasteiger partial charge in [-0.25, -0.2) is 0 Å². The van der Waals surface area contributed by atoms with Crippen molar-refractivity contribution in [2.75, 3.05) is 0 Å². The number of rotatable bonds is 3. The molecule has 0 aliphatic heterocycles. The molecule has 15 heavy (non-hydrogen) atoms. The Morgan fingerprint density at radius 3 is 2.87 bits per heavy atom. The predicted molar refractivity (Wildman–Crippen MR) is 63.0 cm³/mol.